The summed E-state index contributed by atoms with van der Waals surface area (Å²) in [5.41, 5.74) is 0. The summed E-state index contributed by atoms with van der Waals surface area (Å²) in [7, 11) is -1.63. The van der Waals surface area contributed by atoms with Gasteiger partial charge in [-0.3, -0.25) is 4.79 Å². The van der Waals surface area contributed by atoms with Gasteiger partial charge in [0, 0.05) is 11.4 Å². The molecule has 1 fully saturated rings. The Morgan fingerprint density at radius 3 is 2.67 bits per heavy atom. The summed E-state index contributed by atoms with van der Waals surface area (Å²) in [5.74, 6) is -0.935. The highest BCUT2D eigenvalue weighted by molar-refractivity contribution is 7.91. The quantitative estimate of drug-likeness (QED) is 0.701. The molecule has 146 valence electrons. The zero-order valence-corrected chi connectivity index (χ0v) is 17.2. The molecule has 1 aromatic heterocycles. The molecule has 3 rings (SSSR count). The summed E-state index contributed by atoms with van der Waals surface area (Å²) in [4.78, 5) is 24.3. The molecule has 2 aromatic rings. The van der Waals surface area contributed by atoms with E-state index in [1.165, 1.54) is 7.11 Å². The lowest BCUT2D eigenvalue weighted by Crippen LogP contribution is -2.38. The van der Waals surface area contributed by atoms with Crippen LogP contribution < -0.4 is 10.1 Å². The van der Waals surface area contributed by atoms with E-state index < -0.39 is 34.4 Å². The molecule has 1 atom stereocenters. The van der Waals surface area contributed by atoms with E-state index in [9.17, 15) is 18.0 Å². The Hall–Kier alpha value is -1.55. The van der Waals surface area contributed by atoms with Gasteiger partial charge >= 0.3 is 5.97 Å². The third-order valence-corrected chi connectivity index (χ3v) is 8.00. The second kappa shape index (κ2) is 7.83. The Balaban J connectivity index is 1.67. The molecule has 0 radical (unpaired) electrons. The SMILES string of the molecule is COc1ccc2c(Cl)c(C(=O)OCC(=O)NC3CCS(=O)(=O)C3)sc2c1Cl. The topological polar surface area (TPSA) is 98.8 Å². The van der Waals surface area contributed by atoms with Crippen molar-refractivity contribution in [1.29, 1.82) is 0 Å². The smallest absolute Gasteiger partial charge is 0.350 e. The van der Waals surface area contributed by atoms with Gasteiger partial charge in [0.1, 0.15) is 15.6 Å². The molecule has 11 heteroatoms. The van der Waals surface area contributed by atoms with Crippen molar-refractivity contribution in [2.45, 2.75) is 12.5 Å². The third kappa shape index (κ3) is 4.31. The van der Waals surface area contributed by atoms with Gasteiger partial charge in [-0.05, 0) is 18.6 Å². The summed E-state index contributed by atoms with van der Waals surface area (Å²) >= 11 is 13.5. The number of carbonyl (C=O) groups excluding carboxylic acids is 2. The van der Waals surface area contributed by atoms with Crippen molar-refractivity contribution >= 4 is 66.3 Å². The first kappa shape index (κ1) is 20.2. The molecule has 0 saturated carbocycles. The number of thiophene rings is 1. The van der Waals surface area contributed by atoms with Gasteiger partial charge in [-0.1, -0.05) is 23.2 Å². The second-order valence-corrected chi connectivity index (χ2v) is 9.95. The summed E-state index contributed by atoms with van der Waals surface area (Å²) in [6.45, 7) is -0.531. The highest BCUT2D eigenvalue weighted by atomic mass is 35.5. The zero-order valence-electron chi connectivity index (χ0n) is 14.1. The van der Waals surface area contributed by atoms with Gasteiger partial charge in [-0.25, -0.2) is 13.2 Å². The number of amides is 1. The monoisotopic (exact) mass is 451 g/mol. The van der Waals surface area contributed by atoms with Crippen molar-refractivity contribution in [2.24, 2.45) is 0 Å². The van der Waals surface area contributed by atoms with Crippen molar-refractivity contribution in [1.82, 2.24) is 5.32 Å². The highest BCUT2D eigenvalue weighted by Crippen LogP contribution is 2.43. The first-order valence-electron chi connectivity index (χ1n) is 7.83. The van der Waals surface area contributed by atoms with Crippen LogP contribution in [0.2, 0.25) is 10.0 Å². The second-order valence-electron chi connectivity index (χ2n) is 5.95. The van der Waals surface area contributed by atoms with Gasteiger partial charge in [0.05, 0.1) is 28.3 Å². The lowest BCUT2D eigenvalue weighted by molar-refractivity contribution is -0.124. The molecule has 1 aliphatic heterocycles. The molecular formula is C16H15Cl2NO6S2. The molecule has 1 aromatic carbocycles. The largest absolute Gasteiger partial charge is 0.495 e. The maximum atomic E-state index is 12.3. The van der Waals surface area contributed by atoms with E-state index in [1.807, 2.05) is 0 Å². The lowest BCUT2D eigenvalue weighted by Gasteiger charge is -2.10. The number of nitrogens with one attached hydrogen (secondary N) is 1. The van der Waals surface area contributed by atoms with E-state index in [2.05, 4.69) is 5.32 Å². The van der Waals surface area contributed by atoms with E-state index in [-0.39, 0.29) is 21.4 Å². The molecule has 0 spiro atoms. The fourth-order valence-electron chi connectivity index (χ4n) is 2.74. The van der Waals surface area contributed by atoms with Crippen LogP contribution in [-0.2, 0) is 19.4 Å². The molecule has 1 unspecified atom stereocenters. The van der Waals surface area contributed by atoms with Crippen LogP contribution in [0.15, 0.2) is 12.1 Å². The van der Waals surface area contributed by atoms with Crippen LogP contribution in [0.5, 0.6) is 5.75 Å². The van der Waals surface area contributed by atoms with Gasteiger partial charge in [0.2, 0.25) is 0 Å². The maximum Gasteiger partial charge on any atom is 0.350 e. The number of rotatable bonds is 5. The minimum atomic E-state index is -3.11. The van der Waals surface area contributed by atoms with Crippen molar-refractivity contribution in [3.05, 3.63) is 27.1 Å². The Labute approximate surface area is 169 Å². The predicted octanol–water partition coefficient (Wildman–Crippen LogP) is 2.68. The van der Waals surface area contributed by atoms with Gasteiger partial charge in [0.15, 0.2) is 16.4 Å². The van der Waals surface area contributed by atoms with E-state index in [0.717, 1.165) is 11.3 Å². The number of benzene rings is 1. The number of hydrogen-bond donors (Lipinski definition) is 1. The number of carbonyl (C=O) groups is 2. The van der Waals surface area contributed by atoms with E-state index >= 15 is 0 Å². The van der Waals surface area contributed by atoms with Crippen LogP contribution in [0, 0.1) is 0 Å². The average Bonchev–Trinajstić information content (AvgIpc) is 3.13. The van der Waals surface area contributed by atoms with Crippen molar-refractivity contribution in [3.8, 4) is 5.75 Å². The summed E-state index contributed by atoms with van der Waals surface area (Å²) in [5, 5.41) is 3.65. The minimum Gasteiger partial charge on any atom is -0.495 e. The molecule has 0 bridgehead atoms. The molecule has 7 nitrogen and oxygen atoms in total. The normalized spacial score (nSPS) is 18.4. The summed E-state index contributed by atoms with van der Waals surface area (Å²) < 4.78 is 33.5. The number of fused-ring (bicyclic) bond motifs is 1. The molecular weight excluding hydrogens is 437 g/mol. The molecule has 1 aliphatic rings. The fourth-order valence-corrected chi connectivity index (χ4v) is 6.20. The van der Waals surface area contributed by atoms with E-state index in [0.29, 0.717) is 27.3 Å². The van der Waals surface area contributed by atoms with Gasteiger partial charge in [-0.2, -0.15) is 0 Å². The number of halogens is 2. The first-order chi connectivity index (χ1) is 12.7. The van der Waals surface area contributed by atoms with Crippen molar-refractivity contribution in [2.75, 3.05) is 25.2 Å². The van der Waals surface area contributed by atoms with Crippen LogP contribution in [0.3, 0.4) is 0 Å². The number of methoxy groups -OCH3 is 1. The van der Waals surface area contributed by atoms with E-state index in [4.69, 9.17) is 32.7 Å². The number of sulfone groups is 1. The van der Waals surface area contributed by atoms with Crippen LogP contribution in [0.4, 0.5) is 0 Å². The van der Waals surface area contributed by atoms with E-state index in [1.54, 1.807) is 12.1 Å². The van der Waals surface area contributed by atoms with Crippen molar-refractivity contribution in [3.63, 3.8) is 0 Å². The van der Waals surface area contributed by atoms with Crippen LogP contribution in [-0.4, -0.2) is 51.6 Å². The van der Waals surface area contributed by atoms with Crippen LogP contribution in [0.1, 0.15) is 16.1 Å². The Kier molecular flexibility index (Phi) is 5.85. The van der Waals surface area contributed by atoms with Gasteiger partial charge < -0.3 is 14.8 Å². The molecule has 1 saturated heterocycles. The molecule has 2 heterocycles. The third-order valence-electron chi connectivity index (χ3n) is 4.04. The van der Waals surface area contributed by atoms with Crippen LogP contribution >= 0.6 is 34.5 Å². The molecule has 27 heavy (non-hydrogen) atoms. The number of ether oxygens (including phenoxy) is 2. The maximum absolute atomic E-state index is 12.3. The number of hydrogen-bond acceptors (Lipinski definition) is 7. The Morgan fingerprint density at radius 1 is 1.30 bits per heavy atom. The summed E-state index contributed by atoms with van der Waals surface area (Å²) in [6.07, 6.45) is 0.352. The molecule has 1 amide bonds. The lowest BCUT2D eigenvalue weighted by atomic mass is 10.2. The Morgan fingerprint density at radius 2 is 2.04 bits per heavy atom. The predicted molar refractivity (Wildman–Crippen MR) is 104 cm³/mol. The minimum absolute atomic E-state index is 0.0410. The molecule has 0 aliphatic carbocycles. The highest BCUT2D eigenvalue weighted by Gasteiger charge is 2.29. The zero-order chi connectivity index (χ0) is 19.8. The molecule has 1 N–H and O–H groups in total. The van der Waals surface area contributed by atoms with Gasteiger partial charge in [0.25, 0.3) is 5.91 Å². The Bertz CT molecular complexity index is 1020. The van der Waals surface area contributed by atoms with Crippen LogP contribution in [0.25, 0.3) is 10.1 Å². The van der Waals surface area contributed by atoms with Gasteiger partial charge in [-0.15, -0.1) is 11.3 Å². The number of esters is 1. The first-order valence-corrected chi connectivity index (χ1v) is 11.2. The summed E-state index contributed by atoms with van der Waals surface area (Å²) in [6, 6.07) is 2.87. The fraction of sp³-hybridized carbons (Fsp3) is 0.375. The standard InChI is InChI=1S/C16H15Cl2NO6S2/c1-24-10-3-2-9-12(17)15(26-14(9)13(10)18)16(21)25-6-11(20)19-8-4-5-27(22,23)7-8/h2-3,8H,4-7H2,1H3,(H,19,20). The van der Waals surface area contributed by atoms with Crippen molar-refractivity contribution < 1.29 is 27.5 Å². The average molecular weight is 452 g/mol.